The number of nitrogens with zero attached hydrogens (tertiary/aromatic N) is 2. The number of carbonyl (C=O) groups excluding carboxylic acids is 1. The van der Waals surface area contributed by atoms with Crippen molar-refractivity contribution in [2.45, 2.75) is 20.4 Å². The van der Waals surface area contributed by atoms with Crippen molar-refractivity contribution in [2.24, 2.45) is 0 Å². The summed E-state index contributed by atoms with van der Waals surface area (Å²) in [4.78, 5) is 31.3. The molecule has 31 heavy (non-hydrogen) atoms. The molecule has 4 nitrogen and oxygen atoms in total. The zero-order chi connectivity index (χ0) is 21.5. The Morgan fingerprint density at radius 3 is 2.58 bits per heavy atom. The third kappa shape index (κ3) is 3.47. The first kappa shape index (κ1) is 19.4. The second-order valence-corrected chi connectivity index (χ2v) is 8.65. The Hall–Kier alpha value is -3.57. The van der Waals surface area contributed by atoms with E-state index in [9.17, 15) is 9.59 Å². The van der Waals surface area contributed by atoms with Crippen LogP contribution in [0.25, 0.3) is 32.1 Å². The van der Waals surface area contributed by atoms with Gasteiger partial charge in [-0.2, -0.15) is 0 Å². The first-order valence-corrected chi connectivity index (χ1v) is 11.0. The van der Waals surface area contributed by atoms with Crippen molar-refractivity contribution in [3.8, 4) is 11.1 Å². The fourth-order valence-electron chi connectivity index (χ4n) is 3.81. The van der Waals surface area contributed by atoms with Gasteiger partial charge in [-0.1, -0.05) is 48.5 Å². The van der Waals surface area contributed by atoms with Crippen molar-refractivity contribution in [3.05, 3.63) is 99.4 Å². The molecule has 0 aliphatic carbocycles. The Kier molecular flexibility index (Phi) is 4.75. The van der Waals surface area contributed by atoms with E-state index < -0.39 is 0 Å². The highest BCUT2D eigenvalue weighted by Crippen LogP contribution is 2.32. The molecule has 3 aromatic carbocycles. The molecule has 0 unspecified atom stereocenters. The average Bonchev–Trinajstić information content (AvgIpc) is 3.22. The van der Waals surface area contributed by atoms with Gasteiger partial charge in [0.05, 0.1) is 18.3 Å². The van der Waals surface area contributed by atoms with E-state index in [0.29, 0.717) is 15.8 Å². The van der Waals surface area contributed by atoms with E-state index in [-0.39, 0.29) is 17.9 Å². The van der Waals surface area contributed by atoms with Crippen LogP contribution in [0.2, 0.25) is 0 Å². The van der Waals surface area contributed by atoms with Crippen molar-refractivity contribution >= 4 is 38.1 Å². The summed E-state index contributed by atoms with van der Waals surface area (Å²) < 4.78 is 1.41. The summed E-state index contributed by atoms with van der Waals surface area (Å²) in [6.07, 6.45) is 1.48. The number of carbonyl (C=O) groups is 1. The van der Waals surface area contributed by atoms with Crippen LogP contribution >= 0.6 is 11.3 Å². The van der Waals surface area contributed by atoms with Gasteiger partial charge in [0.25, 0.3) is 5.56 Å². The lowest BCUT2D eigenvalue weighted by Gasteiger charge is -2.08. The lowest BCUT2D eigenvalue weighted by atomic mass is 10.0. The molecule has 0 N–H and O–H groups in total. The molecule has 0 radical (unpaired) electrons. The normalized spacial score (nSPS) is 11.3. The monoisotopic (exact) mass is 424 g/mol. The van der Waals surface area contributed by atoms with Crippen molar-refractivity contribution in [1.29, 1.82) is 0 Å². The summed E-state index contributed by atoms with van der Waals surface area (Å²) >= 11 is 1.45. The number of hydrogen-bond acceptors (Lipinski definition) is 4. The van der Waals surface area contributed by atoms with Crippen LogP contribution < -0.4 is 5.56 Å². The minimum Gasteiger partial charge on any atom is -0.292 e. The van der Waals surface area contributed by atoms with Gasteiger partial charge >= 0.3 is 0 Å². The topological polar surface area (TPSA) is 52.0 Å². The molecule has 2 aromatic heterocycles. The lowest BCUT2D eigenvalue weighted by Crippen LogP contribution is -2.24. The van der Waals surface area contributed by atoms with Gasteiger partial charge in [-0.15, -0.1) is 11.3 Å². The Balaban J connectivity index is 1.57. The summed E-state index contributed by atoms with van der Waals surface area (Å²) in [5.41, 5.74) is 4.44. The van der Waals surface area contributed by atoms with Crippen molar-refractivity contribution in [1.82, 2.24) is 9.55 Å². The van der Waals surface area contributed by atoms with Crippen LogP contribution in [0.5, 0.6) is 0 Å². The number of thiophene rings is 1. The summed E-state index contributed by atoms with van der Waals surface area (Å²) in [6, 6.07) is 19.9. The molecular weight excluding hydrogens is 404 g/mol. The number of fused-ring (bicyclic) bond motifs is 2. The van der Waals surface area contributed by atoms with Crippen LogP contribution in [0.1, 0.15) is 21.5 Å². The van der Waals surface area contributed by atoms with Crippen LogP contribution in [-0.2, 0) is 6.54 Å². The van der Waals surface area contributed by atoms with Gasteiger partial charge < -0.3 is 0 Å². The van der Waals surface area contributed by atoms with Crippen LogP contribution in [0, 0.1) is 13.8 Å². The zero-order valence-electron chi connectivity index (χ0n) is 17.3. The van der Waals surface area contributed by atoms with E-state index >= 15 is 0 Å². The highest BCUT2D eigenvalue weighted by Gasteiger charge is 2.16. The highest BCUT2D eigenvalue weighted by molar-refractivity contribution is 7.17. The molecule has 152 valence electrons. The van der Waals surface area contributed by atoms with Gasteiger partial charge in [0, 0.05) is 16.5 Å². The number of hydrogen-bond donors (Lipinski definition) is 0. The van der Waals surface area contributed by atoms with Crippen molar-refractivity contribution < 1.29 is 4.79 Å². The molecule has 0 bridgehead atoms. The molecule has 5 aromatic rings. The van der Waals surface area contributed by atoms with E-state index in [2.05, 4.69) is 29.2 Å². The fraction of sp³-hybridized carbons (Fsp3) is 0.115. The predicted molar refractivity (Wildman–Crippen MR) is 127 cm³/mol. The van der Waals surface area contributed by atoms with Crippen LogP contribution in [-0.4, -0.2) is 15.3 Å². The summed E-state index contributed by atoms with van der Waals surface area (Å²) in [7, 11) is 0. The average molecular weight is 425 g/mol. The second kappa shape index (κ2) is 7.60. The molecule has 0 atom stereocenters. The molecule has 2 heterocycles. The lowest BCUT2D eigenvalue weighted by molar-refractivity contribution is 0.0970. The van der Waals surface area contributed by atoms with Crippen molar-refractivity contribution in [2.75, 3.05) is 0 Å². The molecular formula is C26H20N2O2S. The maximum absolute atomic E-state index is 13.3. The highest BCUT2D eigenvalue weighted by atomic mass is 32.1. The van der Waals surface area contributed by atoms with E-state index in [1.165, 1.54) is 22.2 Å². The Labute approximate surface area is 183 Å². The minimum absolute atomic E-state index is 0.0305. The number of rotatable bonds is 4. The maximum atomic E-state index is 13.3. The SMILES string of the molecule is Cc1ccc(C(=O)Cn2cnc3scc(-c4ccc5ccccc5c4)c3c2=O)cc1C. The Bertz CT molecular complexity index is 1530. The van der Waals surface area contributed by atoms with Crippen molar-refractivity contribution in [3.63, 3.8) is 0 Å². The quantitative estimate of drug-likeness (QED) is 0.344. The molecule has 0 saturated heterocycles. The Morgan fingerprint density at radius 2 is 1.77 bits per heavy atom. The van der Waals surface area contributed by atoms with Gasteiger partial charge in [-0.25, -0.2) is 4.98 Å². The summed E-state index contributed by atoms with van der Waals surface area (Å²) in [6.45, 7) is 3.96. The van der Waals surface area contributed by atoms with E-state index in [0.717, 1.165) is 33.0 Å². The largest absolute Gasteiger partial charge is 0.292 e. The van der Waals surface area contributed by atoms with Gasteiger partial charge in [0.15, 0.2) is 5.78 Å². The van der Waals surface area contributed by atoms with Gasteiger partial charge in [-0.3, -0.25) is 14.2 Å². The molecule has 0 aliphatic heterocycles. The first-order valence-electron chi connectivity index (χ1n) is 10.1. The number of benzene rings is 3. The van der Waals surface area contributed by atoms with Crippen LogP contribution in [0.15, 0.2) is 77.2 Å². The smallest absolute Gasteiger partial charge is 0.263 e. The van der Waals surface area contributed by atoms with E-state index in [4.69, 9.17) is 0 Å². The zero-order valence-corrected chi connectivity index (χ0v) is 18.1. The van der Waals surface area contributed by atoms with Gasteiger partial charge in [-0.05, 0) is 53.4 Å². The minimum atomic E-state index is -0.188. The summed E-state index contributed by atoms with van der Waals surface area (Å²) in [5.74, 6) is -0.103. The standard InChI is InChI=1S/C26H20N2O2S/c1-16-7-8-21(11-17(16)2)23(29)13-28-15-27-25-24(26(28)30)22(14-31-25)20-10-9-18-5-3-4-6-19(18)12-20/h3-12,14-15H,13H2,1-2H3. The number of ketones is 1. The third-order valence-electron chi connectivity index (χ3n) is 5.76. The van der Waals surface area contributed by atoms with E-state index in [1.54, 1.807) is 0 Å². The second-order valence-electron chi connectivity index (χ2n) is 7.79. The van der Waals surface area contributed by atoms with E-state index in [1.807, 2.05) is 55.6 Å². The predicted octanol–water partition coefficient (Wildman–Crippen LogP) is 5.78. The number of Topliss-reactive ketones (excluding diaryl/α,β-unsaturated/α-hetero) is 1. The maximum Gasteiger partial charge on any atom is 0.263 e. The van der Waals surface area contributed by atoms with Gasteiger partial charge in [0.1, 0.15) is 4.83 Å². The molecule has 0 amide bonds. The number of aryl methyl sites for hydroxylation is 2. The summed E-state index contributed by atoms with van der Waals surface area (Å²) in [5, 5.41) is 4.81. The first-order chi connectivity index (χ1) is 15.0. The third-order valence-corrected chi connectivity index (χ3v) is 6.65. The number of aromatic nitrogens is 2. The molecule has 0 aliphatic rings. The van der Waals surface area contributed by atoms with Crippen LogP contribution in [0.3, 0.4) is 0 Å². The van der Waals surface area contributed by atoms with Crippen LogP contribution in [0.4, 0.5) is 0 Å². The van der Waals surface area contributed by atoms with Gasteiger partial charge in [0.2, 0.25) is 0 Å². The molecule has 5 heteroatoms. The Morgan fingerprint density at radius 1 is 0.968 bits per heavy atom. The molecule has 5 rings (SSSR count). The molecule has 0 fully saturated rings. The molecule has 0 saturated carbocycles. The molecule has 0 spiro atoms. The fourth-order valence-corrected chi connectivity index (χ4v) is 4.72.